The Bertz CT molecular complexity index is 849. The lowest BCUT2D eigenvalue weighted by Gasteiger charge is -2.09. The van der Waals surface area contributed by atoms with Gasteiger partial charge in [0.25, 0.3) is 0 Å². The number of aryl methyl sites for hydroxylation is 1. The number of rotatable bonds is 6. The quantitative estimate of drug-likeness (QED) is 0.540. The fourth-order valence-electron chi connectivity index (χ4n) is 2.63. The monoisotopic (exact) mass is 313 g/mol. The van der Waals surface area contributed by atoms with Crippen LogP contribution in [0, 0.1) is 0 Å². The van der Waals surface area contributed by atoms with Gasteiger partial charge in [0.05, 0.1) is 6.26 Å². The van der Waals surface area contributed by atoms with E-state index in [1.807, 2.05) is 25.1 Å². The minimum Gasteiger partial charge on any atom is -0.508 e. The summed E-state index contributed by atoms with van der Waals surface area (Å²) in [5.41, 5.74) is 1.70. The van der Waals surface area contributed by atoms with Crippen LogP contribution in [-0.2, 0) is 19.4 Å². The molecule has 1 aromatic carbocycles. The summed E-state index contributed by atoms with van der Waals surface area (Å²) in [6.07, 6.45) is 3.16. The molecule has 0 saturated heterocycles. The minimum absolute atomic E-state index is 0.158. The number of phenolic OH excluding ortho intramolecular Hbond substituents is 1. The van der Waals surface area contributed by atoms with Crippen LogP contribution >= 0.6 is 0 Å². The average molecular weight is 313 g/mol. The number of furan rings is 1. The smallest absolute Gasteiger partial charge is 0.336 e. The first-order valence-electron chi connectivity index (χ1n) is 7.69. The third-order valence-corrected chi connectivity index (χ3v) is 3.85. The first-order chi connectivity index (χ1) is 11.2. The van der Waals surface area contributed by atoms with Gasteiger partial charge in [-0.3, -0.25) is 0 Å². The van der Waals surface area contributed by atoms with Crippen LogP contribution in [0.15, 0.2) is 50.2 Å². The van der Waals surface area contributed by atoms with E-state index in [9.17, 15) is 9.90 Å². The van der Waals surface area contributed by atoms with Crippen LogP contribution in [0.3, 0.4) is 0 Å². The first kappa shape index (κ1) is 15.4. The number of hydrogen-bond donors (Lipinski definition) is 2. The molecule has 0 atom stereocenters. The SMILES string of the molecule is CCc1cc2c(CNCCc3ccco3)cc(=O)oc2cc1O. The van der Waals surface area contributed by atoms with Gasteiger partial charge in [0.1, 0.15) is 17.1 Å². The zero-order valence-corrected chi connectivity index (χ0v) is 13.0. The third kappa shape index (κ3) is 3.46. The number of benzene rings is 1. The van der Waals surface area contributed by atoms with Gasteiger partial charge < -0.3 is 19.3 Å². The molecule has 0 spiro atoms. The maximum Gasteiger partial charge on any atom is 0.336 e. The molecule has 5 nitrogen and oxygen atoms in total. The maximum atomic E-state index is 11.7. The van der Waals surface area contributed by atoms with E-state index < -0.39 is 5.63 Å². The van der Waals surface area contributed by atoms with Crippen LogP contribution in [0.2, 0.25) is 0 Å². The van der Waals surface area contributed by atoms with Gasteiger partial charge >= 0.3 is 5.63 Å². The summed E-state index contributed by atoms with van der Waals surface area (Å²) in [7, 11) is 0. The first-order valence-corrected chi connectivity index (χ1v) is 7.69. The summed E-state index contributed by atoms with van der Waals surface area (Å²) in [5.74, 6) is 1.08. The van der Waals surface area contributed by atoms with Gasteiger partial charge in [0, 0.05) is 37.0 Å². The second-order valence-corrected chi connectivity index (χ2v) is 5.43. The molecule has 0 unspecified atom stereocenters. The number of hydrogen-bond acceptors (Lipinski definition) is 5. The van der Waals surface area contributed by atoms with Crippen LogP contribution in [0.4, 0.5) is 0 Å². The summed E-state index contributed by atoms with van der Waals surface area (Å²) in [6, 6.07) is 8.70. The van der Waals surface area contributed by atoms with Crippen molar-refractivity contribution in [1.82, 2.24) is 5.32 Å². The Hall–Kier alpha value is -2.53. The van der Waals surface area contributed by atoms with E-state index in [-0.39, 0.29) is 5.75 Å². The Labute approximate surface area is 133 Å². The molecule has 3 aromatic rings. The Morgan fingerprint density at radius 1 is 1.22 bits per heavy atom. The zero-order chi connectivity index (χ0) is 16.2. The lowest BCUT2D eigenvalue weighted by molar-refractivity contribution is 0.466. The van der Waals surface area contributed by atoms with Crippen LogP contribution in [0.5, 0.6) is 5.75 Å². The molecule has 0 bridgehead atoms. The fourth-order valence-corrected chi connectivity index (χ4v) is 2.63. The predicted molar refractivity (Wildman–Crippen MR) is 87.6 cm³/mol. The van der Waals surface area contributed by atoms with E-state index in [0.29, 0.717) is 18.5 Å². The lowest BCUT2D eigenvalue weighted by Crippen LogP contribution is -2.17. The van der Waals surface area contributed by atoms with Crippen molar-refractivity contribution < 1.29 is 13.9 Å². The van der Waals surface area contributed by atoms with Gasteiger partial charge in [-0.1, -0.05) is 6.92 Å². The molecule has 0 aliphatic carbocycles. The molecule has 5 heteroatoms. The third-order valence-electron chi connectivity index (χ3n) is 3.85. The molecular weight excluding hydrogens is 294 g/mol. The molecule has 0 aliphatic heterocycles. The van der Waals surface area contributed by atoms with E-state index >= 15 is 0 Å². The standard InChI is InChI=1S/C18H19NO4/c1-2-12-8-15-13(9-18(21)23-17(15)10-16(12)20)11-19-6-5-14-4-3-7-22-14/h3-4,7-10,19-20H,2,5-6,11H2,1H3. The van der Waals surface area contributed by atoms with E-state index in [0.717, 1.165) is 35.2 Å². The van der Waals surface area contributed by atoms with Gasteiger partial charge in [-0.25, -0.2) is 4.79 Å². The Balaban J connectivity index is 1.80. The van der Waals surface area contributed by atoms with Crippen molar-refractivity contribution in [2.45, 2.75) is 26.3 Å². The largest absolute Gasteiger partial charge is 0.508 e. The van der Waals surface area contributed by atoms with Crippen LogP contribution in [0.25, 0.3) is 11.0 Å². The molecule has 23 heavy (non-hydrogen) atoms. The molecule has 0 saturated carbocycles. The van der Waals surface area contributed by atoms with Crippen LogP contribution in [-0.4, -0.2) is 11.7 Å². The van der Waals surface area contributed by atoms with Gasteiger partial charge in [-0.2, -0.15) is 0 Å². The Morgan fingerprint density at radius 3 is 2.83 bits per heavy atom. The molecule has 2 heterocycles. The van der Waals surface area contributed by atoms with Crippen molar-refractivity contribution in [3.63, 3.8) is 0 Å². The van der Waals surface area contributed by atoms with E-state index in [2.05, 4.69) is 5.32 Å². The van der Waals surface area contributed by atoms with Crippen molar-refractivity contribution in [2.24, 2.45) is 0 Å². The molecule has 2 N–H and O–H groups in total. The Morgan fingerprint density at radius 2 is 2.09 bits per heavy atom. The second-order valence-electron chi connectivity index (χ2n) is 5.43. The topological polar surface area (TPSA) is 75.6 Å². The minimum atomic E-state index is -0.413. The number of nitrogens with one attached hydrogen (secondary N) is 1. The molecule has 0 fully saturated rings. The Kier molecular flexibility index (Phi) is 4.48. The predicted octanol–water partition coefficient (Wildman–Crippen LogP) is 2.99. The van der Waals surface area contributed by atoms with Gasteiger partial charge in [0.15, 0.2) is 0 Å². The highest BCUT2D eigenvalue weighted by atomic mass is 16.4. The highest BCUT2D eigenvalue weighted by Gasteiger charge is 2.10. The van der Waals surface area contributed by atoms with Gasteiger partial charge in [-0.15, -0.1) is 0 Å². The van der Waals surface area contributed by atoms with Crippen molar-refractivity contribution >= 4 is 11.0 Å². The summed E-state index contributed by atoms with van der Waals surface area (Å²) in [5, 5.41) is 14.1. The highest BCUT2D eigenvalue weighted by molar-refractivity contribution is 5.82. The van der Waals surface area contributed by atoms with Crippen LogP contribution < -0.4 is 10.9 Å². The summed E-state index contributed by atoms with van der Waals surface area (Å²) >= 11 is 0. The molecule has 0 radical (unpaired) electrons. The van der Waals surface area contributed by atoms with E-state index in [4.69, 9.17) is 8.83 Å². The van der Waals surface area contributed by atoms with E-state index in [1.54, 1.807) is 6.26 Å². The molecular formula is C18H19NO4. The zero-order valence-electron chi connectivity index (χ0n) is 13.0. The van der Waals surface area contributed by atoms with Crippen molar-refractivity contribution in [3.05, 3.63) is 63.9 Å². The van der Waals surface area contributed by atoms with E-state index in [1.165, 1.54) is 12.1 Å². The van der Waals surface area contributed by atoms with Crippen molar-refractivity contribution in [3.8, 4) is 5.75 Å². The average Bonchev–Trinajstić information content (AvgIpc) is 3.04. The maximum absolute atomic E-state index is 11.7. The second kappa shape index (κ2) is 6.71. The number of phenols is 1. The van der Waals surface area contributed by atoms with Crippen LogP contribution in [0.1, 0.15) is 23.8 Å². The normalized spacial score (nSPS) is 11.2. The van der Waals surface area contributed by atoms with Crippen molar-refractivity contribution in [1.29, 1.82) is 0 Å². The highest BCUT2D eigenvalue weighted by Crippen LogP contribution is 2.26. The molecule has 0 amide bonds. The molecule has 2 aromatic heterocycles. The van der Waals surface area contributed by atoms with Gasteiger partial charge in [0.2, 0.25) is 0 Å². The number of fused-ring (bicyclic) bond motifs is 1. The lowest BCUT2D eigenvalue weighted by atomic mass is 10.0. The fraction of sp³-hybridized carbons (Fsp3) is 0.278. The molecule has 3 rings (SSSR count). The number of aromatic hydroxyl groups is 1. The van der Waals surface area contributed by atoms with Crippen molar-refractivity contribution in [2.75, 3.05) is 6.54 Å². The summed E-state index contributed by atoms with van der Waals surface area (Å²) in [4.78, 5) is 11.7. The summed E-state index contributed by atoms with van der Waals surface area (Å²) in [6.45, 7) is 3.27. The molecule has 120 valence electrons. The summed E-state index contributed by atoms with van der Waals surface area (Å²) < 4.78 is 10.5. The molecule has 0 aliphatic rings. The van der Waals surface area contributed by atoms with Gasteiger partial charge in [-0.05, 0) is 35.7 Å².